The fourth-order valence-corrected chi connectivity index (χ4v) is 5.64. The molecule has 9 heteroatoms. The molecule has 4 aromatic rings. The van der Waals surface area contributed by atoms with Gasteiger partial charge in [0.2, 0.25) is 5.76 Å². The highest BCUT2D eigenvalue weighted by Crippen LogP contribution is 2.44. The summed E-state index contributed by atoms with van der Waals surface area (Å²) in [6.45, 7) is 6.51. The zero-order chi connectivity index (χ0) is 27.0. The molecule has 2 aromatic carbocycles. The largest absolute Gasteiger partial charge is 0.493 e. The van der Waals surface area contributed by atoms with Gasteiger partial charge in [0, 0.05) is 4.88 Å². The standard InChI is InChI=1S/C29H29FN2O5S/c1-5-6-7-8-13-36-22-11-9-18(14-23(22)35-4)25-24-26(33)20-15-19(30)10-12-21(20)37-27(24)28(34)32(25)29-31-16(2)17(3)38-29/h9-12,14-15,25H,5-8,13H2,1-4H3. The molecule has 3 heterocycles. The summed E-state index contributed by atoms with van der Waals surface area (Å²) in [6, 6.07) is 8.24. The minimum absolute atomic E-state index is 0.0696. The molecule has 0 spiro atoms. The van der Waals surface area contributed by atoms with Crippen molar-refractivity contribution in [1.29, 1.82) is 0 Å². The van der Waals surface area contributed by atoms with Crippen molar-refractivity contribution in [1.82, 2.24) is 4.98 Å². The Morgan fingerprint density at radius 1 is 1.08 bits per heavy atom. The number of rotatable bonds is 9. The summed E-state index contributed by atoms with van der Waals surface area (Å²) < 4.78 is 31.6. The molecule has 1 amide bonds. The Hall–Kier alpha value is -3.72. The average Bonchev–Trinajstić information content (AvgIpc) is 3.39. The number of amides is 1. The van der Waals surface area contributed by atoms with E-state index in [-0.39, 0.29) is 22.3 Å². The van der Waals surface area contributed by atoms with Crippen molar-refractivity contribution in [2.75, 3.05) is 18.6 Å². The minimum atomic E-state index is -0.834. The number of nitrogens with zero attached hydrogens (tertiary/aromatic N) is 2. The topological polar surface area (TPSA) is 81.9 Å². The zero-order valence-electron chi connectivity index (χ0n) is 21.8. The van der Waals surface area contributed by atoms with Gasteiger partial charge in [0.1, 0.15) is 11.4 Å². The second kappa shape index (κ2) is 10.6. The normalized spacial score (nSPS) is 14.8. The Balaban J connectivity index is 1.63. The lowest BCUT2D eigenvalue weighted by atomic mass is 9.98. The number of hydrogen-bond donors (Lipinski definition) is 0. The van der Waals surface area contributed by atoms with Gasteiger partial charge in [-0.3, -0.25) is 14.5 Å². The predicted octanol–water partition coefficient (Wildman–Crippen LogP) is 6.72. The number of ether oxygens (including phenoxy) is 2. The summed E-state index contributed by atoms with van der Waals surface area (Å²) in [5, 5.41) is 0.528. The number of methoxy groups -OCH3 is 1. The average molecular weight is 537 g/mol. The number of thiazole rings is 1. The molecule has 0 aliphatic carbocycles. The van der Waals surface area contributed by atoms with Crippen molar-refractivity contribution in [3.63, 3.8) is 0 Å². The number of aryl methyl sites for hydroxylation is 2. The van der Waals surface area contributed by atoms with E-state index in [4.69, 9.17) is 13.9 Å². The molecule has 1 atom stereocenters. The van der Waals surface area contributed by atoms with Crippen LogP contribution in [0.3, 0.4) is 0 Å². The van der Waals surface area contributed by atoms with Crippen LogP contribution in [0, 0.1) is 19.7 Å². The van der Waals surface area contributed by atoms with E-state index in [0.29, 0.717) is 28.8 Å². The Labute approximate surface area is 223 Å². The summed E-state index contributed by atoms with van der Waals surface area (Å²) in [7, 11) is 1.55. The molecule has 0 saturated carbocycles. The second-order valence-electron chi connectivity index (χ2n) is 9.35. The van der Waals surface area contributed by atoms with Gasteiger partial charge < -0.3 is 13.9 Å². The van der Waals surface area contributed by atoms with Gasteiger partial charge in [-0.2, -0.15) is 0 Å². The van der Waals surface area contributed by atoms with Gasteiger partial charge in [0.05, 0.1) is 36.4 Å². The highest BCUT2D eigenvalue weighted by Gasteiger charge is 2.45. The van der Waals surface area contributed by atoms with Gasteiger partial charge in [-0.1, -0.05) is 32.3 Å². The first-order valence-electron chi connectivity index (χ1n) is 12.7. The lowest BCUT2D eigenvalue weighted by Gasteiger charge is -2.23. The molecule has 1 aliphatic heterocycles. The van der Waals surface area contributed by atoms with Crippen molar-refractivity contribution >= 4 is 33.3 Å². The maximum atomic E-state index is 14.1. The van der Waals surface area contributed by atoms with E-state index in [2.05, 4.69) is 11.9 Å². The van der Waals surface area contributed by atoms with Crippen LogP contribution < -0.4 is 19.8 Å². The van der Waals surface area contributed by atoms with E-state index in [1.54, 1.807) is 19.2 Å². The molecular formula is C29H29FN2O5S. The third-order valence-electron chi connectivity index (χ3n) is 6.81. The molecule has 0 saturated heterocycles. The molecule has 0 bridgehead atoms. The van der Waals surface area contributed by atoms with Crippen LogP contribution in [0.2, 0.25) is 0 Å². The van der Waals surface area contributed by atoms with Gasteiger partial charge in [0.25, 0.3) is 5.91 Å². The van der Waals surface area contributed by atoms with Gasteiger partial charge in [-0.15, -0.1) is 11.3 Å². The number of fused-ring (bicyclic) bond motifs is 2. The Morgan fingerprint density at radius 2 is 1.89 bits per heavy atom. The highest BCUT2D eigenvalue weighted by atomic mass is 32.1. The van der Waals surface area contributed by atoms with Crippen molar-refractivity contribution in [2.45, 2.75) is 52.5 Å². The molecule has 2 aromatic heterocycles. The summed E-state index contributed by atoms with van der Waals surface area (Å²) in [4.78, 5) is 34.5. The van der Waals surface area contributed by atoms with Crippen molar-refractivity contribution in [3.05, 3.63) is 79.9 Å². The first-order valence-corrected chi connectivity index (χ1v) is 13.5. The molecule has 1 aliphatic rings. The Bertz CT molecular complexity index is 1560. The van der Waals surface area contributed by atoms with E-state index in [1.807, 2.05) is 19.9 Å². The van der Waals surface area contributed by atoms with Crippen LogP contribution in [0.4, 0.5) is 9.52 Å². The molecule has 0 N–H and O–H groups in total. The van der Waals surface area contributed by atoms with Crippen LogP contribution >= 0.6 is 11.3 Å². The summed E-state index contributed by atoms with van der Waals surface area (Å²) in [5.74, 6) is -0.0353. The van der Waals surface area contributed by atoms with Crippen LogP contribution in [0.1, 0.15) is 70.9 Å². The third kappa shape index (κ3) is 4.55. The van der Waals surface area contributed by atoms with Gasteiger partial charge >= 0.3 is 0 Å². The number of benzene rings is 2. The molecule has 5 rings (SSSR count). The van der Waals surface area contributed by atoms with E-state index in [0.717, 1.165) is 42.3 Å². The molecular weight excluding hydrogens is 507 g/mol. The molecule has 1 unspecified atom stereocenters. The quantitative estimate of drug-likeness (QED) is 0.221. The number of carbonyl (C=O) groups is 1. The van der Waals surface area contributed by atoms with E-state index < -0.39 is 23.2 Å². The van der Waals surface area contributed by atoms with Crippen LogP contribution in [0.5, 0.6) is 11.5 Å². The van der Waals surface area contributed by atoms with E-state index in [1.165, 1.54) is 28.4 Å². The van der Waals surface area contributed by atoms with Gasteiger partial charge in [0.15, 0.2) is 22.1 Å². The van der Waals surface area contributed by atoms with Gasteiger partial charge in [-0.25, -0.2) is 9.37 Å². The number of hydrogen-bond acceptors (Lipinski definition) is 7. The fraction of sp³-hybridized carbons (Fsp3) is 0.345. The molecule has 7 nitrogen and oxygen atoms in total. The second-order valence-corrected chi connectivity index (χ2v) is 10.5. The van der Waals surface area contributed by atoms with Crippen molar-refractivity contribution < 1.29 is 23.1 Å². The molecule has 198 valence electrons. The lowest BCUT2D eigenvalue weighted by molar-refractivity contribution is 0.0971. The van der Waals surface area contributed by atoms with Crippen LogP contribution in [-0.4, -0.2) is 24.6 Å². The van der Waals surface area contributed by atoms with Gasteiger partial charge in [-0.05, 0) is 56.2 Å². The van der Waals surface area contributed by atoms with Crippen LogP contribution in [-0.2, 0) is 0 Å². The number of carbonyl (C=O) groups excluding carboxylic acids is 1. The lowest BCUT2D eigenvalue weighted by Crippen LogP contribution is -2.29. The maximum absolute atomic E-state index is 14.1. The number of aromatic nitrogens is 1. The zero-order valence-corrected chi connectivity index (χ0v) is 22.6. The Morgan fingerprint density at radius 3 is 2.61 bits per heavy atom. The number of unbranched alkanes of at least 4 members (excludes halogenated alkanes) is 3. The van der Waals surface area contributed by atoms with Crippen molar-refractivity contribution in [3.8, 4) is 11.5 Å². The predicted molar refractivity (Wildman–Crippen MR) is 145 cm³/mol. The first kappa shape index (κ1) is 25.9. The minimum Gasteiger partial charge on any atom is -0.493 e. The number of anilines is 1. The van der Waals surface area contributed by atoms with Crippen molar-refractivity contribution in [2.24, 2.45) is 0 Å². The first-order chi connectivity index (χ1) is 18.3. The monoisotopic (exact) mass is 536 g/mol. The SMILES string of the molecule is CCCCCCOc1ccc(C2c3c(oc4ccc(F)cc4c3=O)C(=O)N2c2nc(C)c(C)s2)cc1OC. The molecule has 0 radical (unpaired) electrons. The smallest absolute Gasteiger partial charge is 0.297 e. The number of halogens is 1. The fourth-order valence-electron chi connectivity index (χ4n) is 4.70. The molecule has 38 heavy (non-hydrogen) atoms. The maximum Gasteiger partial charge on any atom is 0.297 e. The third-order valence-corrected chi connectivity index (χ3v) is 7.89. The summed E-state index contributed by atoms with van der Waals surface area (Å²) in [6.07, 6.45) is 4.32. The van der Waals surface area contributed by atoms with E-state index in [9.17, 15) is 14.0 Å². The van der Waals surface area contributed by atoms with Crippen LogP contribution in [0.15, 0.2) is 45.6 Å². The highest BCUT2D eigenvalue weighted by molar-refractivity contribution is 7.15. The Kier molecular flexibility index (Phi) is 7.21. The summed E-state index contributed by atoms with van der Waals surface area (Å²) >= 11 is 1.36. The molecule has 0 fully saturated rings. The summed E-state index contributed by atoms with van der Waals surface area (Å²) in [5.41, 5.74) is 1.26. The van der Waals surface area contributed by atoms with Crippen LogP contribution in [0.25, 0.3) is 11.0 Å². The van der Waals surface area contributed by atoms with E-state index >= 15 is 0 Å².